The molecule has 0 aliphatic rings. The first kappa shape index (κ1) is 55.5. The van der Waals surface area contributed by atoms with E-state index in [0.717, 1.165) is 96.3 Å². The van der Waals surface area contributed by atoms with Gasteiger partial charge in [0, 0.05) is 12.8 Å². The van der Waals surface area contributed by atoms with Crippen molar-refractivity contribution >= 4 is 19.8 Å². The molecule has 0 aromatic carbocycles. The van der Waals surface area contributed by atoms with Crippen LogP contribution in [0.15, 0.2) is 72.9 Å². The third-order valence-electron chi connectivity index (χ3n) is 9.48. The molecule has 58 heavy (non-hydrogen) atoms. The molecule has 8 nitrogen and oxygen atoms in total. The fraction of sp³-hybridized carbons (Fsp3) is 0.714. The van der Waals surface area contributed by atoms with Crippen molar-refractivity contribution in [3.63, 3.8) is 0 Å². The van der Waals surface area contributed by atoms with Crippen molar-refractivity contribution in [2.24, 2.45) is 0 Å². The Morgan fingerprint density at radius 2 is 0.828 bits per heavy atom. The average molecular weight is 833 g/mol. The molecule has 0 spiro atoms. The Morgan fingerprint density at radius 1 is 0.466 bits per heavy atom. The van der Waals surface area contributed by atoms with Crippen molar-refractivity contribution in [1.82, 2.24) is 0 Å². The minimum absolute atomic E-state index is 0.00822. The summed E-state index contributed by atoms with van der Waals surface area (Å²) >= 11 is 0. The lowest BCUT2D eigenvalue weighted by Gasteiger charge is -2.19. The quantitative estimate of drug-likeness (QED) is 0.0280. The second-order valence-electron chi connectivity index (χ2n) is 15.1. The highest BCUT2D eigenvalue weighted by Gasteiger charge is 2.25. The molecule has 0 fully saturated rings. The van der Waals surface area contributed by atoms with Crippen molar-refractivity contribution in [1.29, 1.82) is 0 Å². The van der Waals surface area contributed by atoms with E-state index in [0.29, 0.717) is 6.42 Å². The van der Waals surface area contributed by atoms with Gasteiger partial charge in [0.1, 0.15) is 6.61 Å². The summed E-state index contributed by atoms with van der Waals surface area (Å²) < 4.78 is 32.7. The molecule has 334 valence electrons. The van der Waals surface area contributed by atoms with Gasteiger partial charge in [-0.25, -0.2) is 4.57 Å². The predicted octanol–water partition coefficient (Wildman–Crippen LogP) is 14.9. The van der Waals surface area contributed by atoms with E-state index in [2.05, 4.69) is 86.8 Å². The van der Waals surface area contributed by atoms with Gasteiger partial charge in [-0.1, -0.05) is 164 Å². The summed E-state index contributed by atoms with van der Waals surface area (Å²) in [4.78, 5) is 34.8. The van der Waals surface area contributed by atoms with E-state index in [-0.39, 0.29) is 32.0 Å². The molecule has 1 N–H and O–H groups in total. The van der Waals surface area contributed by atoms with Crippen molar-refractivity contribution in [3.05, 3.63) is 72.9 Å². The van der Waals surface area contributed by atoms with E-state index in [9.17, 15) is 19.0 Å². The first-order valence-corrected chi connectivity index (χ1v) is 24.7. The van der Waals surface area contributed by atoms with Gasteiger partial charge >= 0.3 is 19.8 Å². The number of esters is 2. The van der Waals surface area contributed by atoms with Gasteiger partial charge < -0.3 is 14.4 Å². The second-order valence-corrected chi connectivity index (χ2v) is 16.5. The van der Waals surface area contributed by atoms with Crippen LogP contribution in [0.5, 0.6) is 0 Å². The highest BCUT2D eigenvalue weighted by Crippen LogP contribution is 2.43. The number of hydrogen-bond donors (Lipinski definition) is 1. The van der Waals surface area contributed by atoms with Gasteiger partial charge in [0.15, 0.2) is 6.10 Å². The number of carbonyl (C=O) groups is 2. The van der Waals surface area contributed by atoms with E-state index >= 15 is 0 Å². The summed E-state index contributed by atoms with van der Waals surface area (Å²) in [6, 6.07) is 0. The number of rotatable bonds is 42. The Labute approximate surface area is 355 Å². The smallest absolute Gasteiger partial charge is 0.462 e. The molecule has 0 bridgehead atoms. The van der Waals surface area contributed by atoms with Crippen LogP contribution in [-0.4, -0.2) is 42.8 Å². The number of hydrogen-bond acceptors (Lipinski definition) is 7. The lowest BCUT2D eigenvalue weighted by atomic mass is 10.1. The number of phosphoric ester groups is 1. The third-order valence-corrected chi connectivity index (χ3v) is 10.5. The Bertz CT molecular complexity index is 1170. The maximum Gasteiger partial charge on any atom is 0.472 e. The van der Waals surface area contributed by atoms with E-state index in [4.69, 9.17) is 18.5 Å². The monoisotopic (exact) mass is 833 g/mol. The molecular weight excluding hydrogens is 748 g/mol. The van der Waals surface area contributed by atoms with Crippen LogP contribution in [0, 0.1) is 0 Å². The fourth-order valence-electron chi connectivity index (χ4n) is 6.05. The molecule has 0 saturated heterocycles. The molecule has 0 aliphatic carbocycles. The van der Waals surface area contributed by atoms with Crippen LogP contribution in [0.1, 0.15) is 201 Å². The van der Waals surface area contributed by atoms with E-state index in [1.54, 1.807) is 6.92 Å². The van der Waals surface area contributed by atoms with Crippen LogP contribution in [0.25, 0.3) is 0 Å². The number of allylic oxidation sites excluding steroid dienone is 12. The van der Waals surface area contributed by atoms with Gasteiger partial charge in [0.2, 0.25) is 0 Å². The minimum atomic E-state index is -4.29. The zero-order chi connectivity index (χ0) is 42.5. The Kier molecular flexibility index (Phi) is 42.1. The number of ether oxygens (including phenoxy) is 2. The van der Waals surface area contributed by atoms with Gasteiger partial charge in [-0.05, 0) is 96.8 Å². The zero-order valence-corrected chi connectivity index (χ0v) is 38.1. The van der Waals surface area contributed by atoms with Crippen LogP contribution < -0.4 is 0 Å². The predicted molar refractivity (Wildman–Crippen MR) is 244 cm³/mol. The third kappa shape index (κ3) is 43.1. The molecule has 0 saturated carbocycles. The summed E-state index contributed by atoms with van der Waals surface area (Å²) in [6.07, 6.45) is 55.2. The minimum Gasteiger partial charge on any atom is -0.462 e. The number of unbranched alkanes of at least 4 members (excludes halogenated alkanes) is 18. The Morgan fingerprint density at radius 3 is 1.24 bits per heavy atom. The SMILES string of the molecule is CCCCC/C=C\C/C=C\C/C=C\CCCCCCCCC(=O)OCC(COP(=O)(O)OCC)OC(=O)CCCCCCCC/C=C\C/C=C\C/C=C\CCCCC. The highest BCUT2D eigenvalue weighted by molar-refractivity contribution is 7.47. The molecular formula is C49H85O8P. The molecule has 9 heteroatoms. The van der Waals surface area contributed by atoms with E-state index in [1.165, 1.54) is 64.2 Å². The maximum absolute atomic E-state index is 12.6. The van der Waals surface area contributed by atoms with Crippen LogP contribution in [0.4, 0.5) is 0 Å². The van der Waals surface area contributed by atoms with Crippen LogP contribution in [-0.2, 0) is 32.7 Å². The van der Waals surface area contributed by atoms with Gasteiger partial charge in [0.25, 0.3) is 0 Å². The van der Waals surface area contributed by atoms with Crippen LogP contribution in [0.3, 0.4) is 0 Å². The first-order valence-electron chi connectivity index (χ1n) is 23.2. The molecule has 2 atom stereocenters. The number of carbonyl (C=O) groups excluding carboxylic acids is 2. The van der Waals surface area contributed by atoms with Crippen molar-refractivity contribution in [3.8, 4) is 0 Å². The van der Waals surface area contributed by atoms with Crippen molar-refractivity contribution in [2.75, 3.05) is 19.8 Å². The Hall–Kier alpha value is -2.51. The van der Waals surface area contributed by atoms with Crippen LogP contribution >= 0.6 is 7.82 Å². The standard InChI is InChI=1S/C49H85O8P/c1-4-7-9-11-13-15-17-19-21-23-25-27-29-31-33-35-37-39-41-43-48(50)54-45-47(46-56-58(52,53)55-6-3)57-49(51)44-42-40-38-36-34-32-30-28-26-24-22-20-18-16-14-12-10-8-5-2/h13-16,19-22,25-28,47H,4-12,17-18,23-24,29-46H2,1-3H3,(H,52,53)/b15-13-,16-14-,21-19-,22-20-,27-25-,28-26-. The molecule has 0 radical (unpaired) electrons. The molecule has 0 rings (SSSR count). The summed E-state index contributed by atoms with van der Waals surface area (Å²) in [5.74, 6) is -0.830. The molecule has 0 aromatic rings. The van der Waals surface area contributed by atoms with E-state index < -0.39 is 26.5 Å². The first-order chi connectivity index (χ1) is 28.3. The lowest BCUT2D eigenvalue weighted by molar-refractivity contribution is -0.161. The topological polar surface area (TPSA) is 108 Å². The molecule has 0 heterocycles. The van der Waals surface area contributed by atoms with Crippen molar-refractivity contribution in [2.45, 2.75) is 207 Å². The second kappa shape index (κ2) is 44.1. The number of phosphoric acid groups is 1. The molecule has 0 aromatic heterocycles. The maximum atomic E-state index is 12.6. The molecule has 0 aliphatic heterocycles. The normalized spacial score (nSPS) is 13.9. The van der Waals surface area contributed by atoms with Crippen molar-refractivity contribution < 1.29 is 37.6 Å². The Balaban J connectivity index is 4.12. The molecule has 2 unspecified atom stereocenters. The largest absolute Gasteiger partial charge is 0.472 e. The summed E-state index contributed by atoms with van der Waals surface area (Å²) in [7, 11) is -4.29. The molecule has 0 amide bonds. The summed E-state index contributed by atoms with van der Waals surface area (Å²) in [5, 5.41) is 0. The van der Waals surface area contributed by atoms with Gasteiger partial charge in [0.05, 0.1) is 13.2 Å². The highest BCUT2D eigenvalue weighted by atomic mass is 31.2. The summed E-state index contributed by atoms with van der Waals surface area (Å²) in [6.45, 7) is 5.39. The van der Waals surface area contributed by atoms with E-state index in [1.807, 2.05) is 0 Å². The lowest BCUT2D eigenvalue weighted by Crippen LogP contribution is -2.29. The average Bonchev–Trinajstić information content (AvgIpc) is 3.20. The van der Waals surface area contributed by atoms with Gasteiger partial charge in [-0.3, -0.25) is 18.6 Å². The zero-order valence-electron chi connectivity index (χ0n) is 37.2. The van der Waals surface area contributed by atoms with Crippen LogP contribution in [0.2, 0.25) is 0 Å². The van der Waals surface area contributed by atoms with Gasteiger partial charge in [-0.2, -0.15) is 0 Å². The summed E-state index contributed by atoms with van der Waals surface area (Å²) in [5.41, 5.74) is 0. The fourth-order valence-corrected chi connectivity index (χ4v) is 6.81. The van der Waals surface area contributed by atoms with Gasteiger partial charge in [-0.15, -0.1) is 0 Å².